The third kappa shape index (κ3) is 2.76. The first-order valence-electron chi connectivity index (χ1n) is 7.30. The Labute approximate surface area is 114 Å². The maximum absolute atomic E-state index is 6.42. The molecular formula is C16H21N3. The molecule has 1 fully saturated rings. The highest BCUT2D eigenvalue weighted by Crippen LogP contribution is 2.32. The summed E-state index contributed by atoms with van der Waals surface area (Å²) in [7, 11) is 0. The lowest BCUT2D eigenvalue weighted by atomic mass is 9.83. The van der Waals surface area contributed by atoms with E-state index < -0.39 is 0 Å². The molecule has 2 N–H and O–H groups in total. The van der Waals surface area contributed by atoms with Crippen molar-refractivity contribution in [2.45, 2.75) is 44.6 Å². The second-order valence-corrected chi connectivity index (χ2v) is 5.62. The topological polar surface area (TPSA) is 51.8 Å². The molecule has 0 bridgehead atoms. The molecular weight excluding hydrogens is 234 g/mol. The van der Waals surface area contributed by atoms with Gasteiger partial charge in [0.15, 0.2) is 0 Å². The molecule has 2 aromatic rings. The summed E-state index contributed by atoms with van der Waals surface area (Å²) in [5, 5.41) is 0. The van der Waals surface area contributed by atoms with Gasteiger partial charge in [-0.1, -0.05) is 44.2 Å². The van der Waals surface area contributed by atoms with E-state index in [4.69, 9.17) is 5.73 Å². The molecule has 1 aliphatic carbocycles. The molecule has 1 aliphatic rings. The maximum Gasteiger partial charge on any atom is 0.0934 e. The molecule has 100 valence electrons. The van der Waals surface area contributed by atoms with Crippen LogP contribution < -0.4 is 5.73 Å². The first kappa shape index (κ1) is 12.5. The number of benzene rings is 1. The number of nitrogens with zero attached hydrogens (tertiary/aromatic N) is 2. The third-order valence-electron chi connectivity index (χ3n) is 4.24. The van der Waals surface area contributed by atoms with Crippen molar-refractivity contribution < 1.29 is 0 Å². The van der Waals surface area contributed by atoms with E-state index in [1.54, 1.807) is 12.4 Å². The molecule has 0 amide bonds. The normalized spacial score (nSPS) is 18.6. The third-order valence-corrected chi connectivity index (χ3v) is 4.24. The minimum absolute atomic E-state index is 0.0866. The number of para-hydroxylation sites is 1. The number of hydrogen-bond acceptors (Lipinski definition) is 3. The van der Waals surface area contributed by atoms with Gasteiger partial charge in [-0.3, -0.25) is 9.97 Å². The van der Waals surface area contributed by atoms with Crippen LogP contribution in [0.5, 0.6) is 0 Å². The molecule has 0 radical (unpaired) electrons. The number of aromatic nitrogens is 2. The SMILES string of the molecule is NC(CC1CCCCC1)c1cccc2nccnc12. The Morgan fingerprint density at radius 1 is 1.11 bits per heavy atom. The monoisotopic (exact) mass is 255 g/mol. The van der Waals surface area contributed by atoms with E-state index in [0.29, 0.717) is 0 Å². The number of hydrogen-bond donors (Lipinski definition) is 1. The first-order valence-corrected chi connectivity index (χ1v) is 7.30. The summed E-state index contributed by atoms with van der Waals surface area (Å²) in [6, 6.07) is 6.22. The number of rotatable bonds is 3. The van der Waals surface area contributed by atoms with Crippen LogP contribution in [0.4, 0.5) is 0 Å². The summed E-state index contributed by atoms with van der Waals surface area (Å²) in [4.78, 5) is 8.81. The minimum atomic E-state index is 0.0866. The van der Waals surface area contributed by atoms with Crippen molar-refractivity contribution in [1.82, 2.24) is 9.97 Å². The van der Waals surface area contributed by atoms with Gasteiger partial charge < -0.3 is 5.73 Å². The van der Waals surface area contributed by atoms with Gasteiger partial charge in [-0.25, -0.2) is 0 Å². The van der Waals surface area contributed by atoms with Crippen LogP contribution in [0.25, 0.3) is 11.0 Å². The van der Waals surface area contributed by atoms with Gasteiger partial charge in [0.1, 0.15) is 0 Å². The molecule has 1 aromatic heterocycles. The van der Waals surface area contributed by atoms with Gasteiger partial charge in [-0.2, -0.15) is 0 Å². The Hall–Kier alpha value is -1.48. The van der Waals surface area contributed by atoms with E-state index in [9.17, 15) is 0 Å². The largest absolute Gasteiger partial charge is 0.324 e. The standard InChI is InChI=1S/C16H21N3/c17-14(11-12-5-2-1-3-6-12)13-7-4-8-15-16(13)19-10-9-18-15/h4,7-10,12,14H,1-3,5-6,11,17H2. The van der Waals surface area contributed by atoms with Gasteiger partial charge in [-0.15, -0.1) is 0 Å². The number of nitrogens with two attached hydrogens (primary N) is 1. The molecule has 1 saturated carbocycles. The summed E-state index contributed by atoms with van der Waals surface area (Å²) in [5.41, 5.74) is 9.48. The van der Waals surface area contributed by atoms with Gasteiger partial charge >= 0.3 is 0 Å². The molecule has 1 atom stereocenters. The molecule has 1 unspecified atom stereocenters. The lowest BCUT2D eigenvalue weighted by molar-refractivity contribution is 0.319. The lowest BCUT2D eigenvalue weighted by Crippen LogP contribution is -2.18. The Bertz CT molecular complexity index is 541. The Morgan fingerprint density at radius 2 is 1.89 bits per heavy atom. The molecule has 0 spiro atoms. The second kappa shape index (κ2) is 5.66. The minimum Gasteiger partial charge on any atom is -0.324 e. The summed E-state index contributed by atoms with van der Waals surface area (Å²) < 4.78 is 0. The molecule has 0 saturated heterocycles. The lowest BCUT2D eigenvalue weighted by Gasteiger charge is -2.25. The Morgan fingerprint density at radius 3 is 2.74 bits per heavy atom. The van der Waals surface area contributed by atoms with E-state index in [1.807, 2.05) is 12.1 Å². The maximum atomic E-state index is 6.42. The highest BCUT2D eigenvalue weighted by Gasteiger charge is 2.19. The molecule has 1 aromatic carbocycles. The average molecular weight is 255 g/mol. The Kier molecular flexibility index (Phi) is 3.74. The fraction of sp³-hybridized carbons (Fsp3) is 0.500. The quantitative estimate of drug-likeness (QED) is 0.911. The fourth-order valence-electron chi connectivity index (χ4n) is 3.22. The molecule has 1 heterocycles. The van der Waals surface area contributed by atoms with E-state index in [-0.39, 0.29) is 6.04 Å². The van der Waals surface area contributed by atoms with Gasteiger partial charge in [0, 0.05) is 18.4 Å². The van der Waals surface area contributed by atoms with Gasteiger partial charge in [0.25, 0.3) is 0 Å². The highest BCUT2D eigenvalue weighted by molar-refractivity contribution is 5.77. The zero-order chi connectivity index (χ0) is 13.1. The zero-order valence-corrected chi connectivity index (χ0v) is 11.3. The van der Waals surface area contributed by atoms with Gasteiger partial charge in [-0.05, 0) is 24.0 Å². The van der Waals surface area contributed by atoms with Crippen LogP contribution in [-0.4, -0.2) is 9.97 Å². The van der Waals surface area contributed by atoms with Gasteiger partial charge in [0.05, 0.1) is 11.0 Å². The van der Waals surface area contributed by atoms with Crippen LogP contribution in [0.1, 0.15) is 50.1 Å². The predicted octanol–water partition coefficient (Wildman–Crippen LogP) is 3.60. The fourth-order valence-corrected chi connectivity index (χ4v) is 3.22. The van der Waals surface area contributed by atoms with E-state index in [2.05, 4.69) is 16.0 Å². The zero-order valence-electron chi connectivity index (χ0n) is 11.3. The van der Waals surface area contributed by atoms with Crippen molar-refractivity contribution in [3.05, 3.63) is 36.2 Å². The smallest absolute Gasteiger partial charge is 0.0934 e. The van der Waals surface area contributed by atoms with Crippen LogP contribution in [0.3, 0.4) is 0 Å². The molecule has 3 rings (SSSR count). The predicted molar refractivity (Wildman–Crippen MR) is 77.7 cm³/mol. The summed E-state index contributed by atoms with van der Waals surface area (Å²) in [6.45, 7) is 0. The van der Waals surface area contributed by atoms with Crippen molar-refractivity contribution in [2.75, 3.05) is 0 Å². The Balaban J connectivity index is 1.82. The second-order valence-electron chi connectivity index (χ2n) is 5.62. The summed E-state index contributed by atoms with van der Waals surface area (Å²) in [6.07, 6.45) is 11.4. The van der Waals surface area contributed by atoms with Crippen LogP contribution in [0.2, 0.25) is 0 Å². The van der Waals surface area contributed by atoms with Crippen LogP contribution in [0.15, 0.2) is 30.6 Å². The van der Waals surface area contributed by atoms with E-state index >= 15 is 0 Å². The molecule has 19 heavy (non-hydrogen) atoms. The van der Waals surface area contributed by atoms with Crippen molar-refractivity contribution in [2.24, 2.45) is 11.7 Å². The molecule has 3 heteroatoms. The van der Waals surface area contributed by atoms with Crippen molar-refractivity contribution in [3.8, 4) is 0 Å². The van der Waals surface area contributed by atoms with Crippen molar-refractivity contribution in [1.29, 1.82) is 0 Å². The molecule has 0 aliphatic heterocycles. The summed E-state index contributed by atoms with van der Waals surface area (Å²) >= 11 is 0. The van der Waals surface area contributed by atoms with E-state index in [1.165, 1.54) is 32.1 Å². The van der Waals surface area contributed by atoms with Crippen LogP contribution >= 0.6 is 0 Å². The van der Waals surface area contributed by atoms with Crippen molar-refractivity contribution >= 4 is 11.0 Å². The molecule has 3 nitrogen and oxygen atoms in total. The van der Waals surface area contributed by atoms with Gasteiger partial charge in [0.2, 0.25) is 0 Å². The summed E-state index contributed by atoms with van der Waals surface area (Å²) in [5.74, 6) is 0.788. The highest BCUT2D eigenvalue weighted by atomic mass is 14.8. The van der Waals surface area contributed by atoms with Crippen molar-refractivity contribution in [3.63, 3.8) is 0 Å². The van der Waals surface area contributed by atoms with Crippen LogP contribution in [-0.2, 0) is 0 Å². The number of fused-ring (bicyclic) bond motifs is 1. The average Bonchev–Trinajstić information content (AvgIpc) is 2.47. The van der Waals surface area contributed by atoms with Crippen LogP contribution in [0, 0.1) is 5.92 Å². The van der Waals surface area contributed by atoms with E-state index in [0.717, 1.165) is 28.9 Å². The first-order chi connectivity index (χ1) is 9.34.